The van der Waals surface area contributed by atoms with Gasteiger partial charge in [0.15, 0.2) is 5.96 Å². The molecule has 0 aliphatic carbocycles. The quantitative estimate of drug-likeness (QED) is 0.251. The van der Waals surface area contributed by atoms with E-state index in [1.807, 2.05) is 24.3 Å². The van der Waals surface area contributed by atoms with E-state index in [2.05, 4.69) is 43.4 Å². The molecule has 0 atom stereocenters. The molecule has 1 aliphatic rings. The second-order valence-electron chi connectivity index (χ2n) is 7.13. The van der Waals surface area contributed by atoms with Crippen molar-refractivity contribution < 1.29 is 9.53 Å². The molecular formula is C22H32IN5O2S. The molecule has 0 unspecified atom stereocenters. The number of thiophene rings is 1. The normalized spacial score (nSPS) is 14.5. The van der Waals surface area contributed by atoms with Crippen LogP contribution in [0.4, 0.5) is 5.69 Å². The Morgan fingerprint density at radius 3 is 2.77 bits per heavy atom. The first-order valence-electron chi connectivity index (χ1n) is 10.4. The van der Waals surface area contributed by atoms with Gasteiger partial charge in [0.1, 0.15) is 0 Å². The number of hydrogen-bond acceptors (Lipinski definition) is 5. The first-order valence-corrected chi connectivity index (χ1v) is 11.3. The van der Waals surface area contributed by atoms with Crippen molar-refractivity contribution >= 4 is 52.9 Å². The summed E-state index contributed by atoms with van der Waals surface area (Å²) in [5.41, 5.74) is 1.91. The van der Waals surface area contributed by atoms with Crippen LogP contribution in [0.5, 0.6) is 0 Å². The van der Waals surface area contributed by atoms with Crippen LogP contribution in [0.3, 0.4) is 0 Å². The van der Waals surface area contributed by atoms with Crippen molar-refractivity contribution in [1.29, 1.82) is 0 Å². The molecule has 170 valence electrons. The number of carbonyl (C=O) groups is 1. The number of rotatable bonds is 9. The molecule has 0 bridgehead atoms. The standard InChI is InChI=1S/C22H31N5O2S.HI/c1-23-22(24-9-7-20-6-3-15-30-20)25-17-18-4-2-5-19(16-18)26-21(28)8-10-27-11-13-29-14-12-27;/h2-6,15-16H,7-14,17H2,1H3,(H,26,28)(H2,23,24,25);1H. The number of morpholine rings is 1. The summed E-state index contributed by atoms with van der Waals surface area (Å²) in [5.74, 6) is 0.809. The molecule has 1 amide bonds. The minimum absolute atomic E-state index is 0. The van der Waals surface area contributed by atoms with Crippen molar-refractivity contribution in [2.24, 2.45) is 4.99 Å². The lowest BCUT2D eigenvalue weighted by molar-refractivity contribution is -0.116. The molecule has 1 aromatic heterocycles. The predicted octanol–water partition coefficient (Wildman–Crippen LogP) is 2.93. The van der Waals surface area contributed by atoms with Crippen molar-refractivity contribution in [3.8, 4) is 0 Å². The lowest BCUT2D eigenvalue weighted by Gasteiger charge is -2.26. The van der Waals surface area contributed by atoms with Gasteiger partial charge in [-0.2, -0.15) is 0 Å². The van der Waals surface area contributed by atoms with Crippen molar-refractivity contribution in [3.63, 3.8) is 0 Å². The van der Waals surface area contributed by atoms with Gasteiger partial charge >= 0.3 is 0 Å². The number of nitrogens with zero attached hydrogens (tertiary/aromatic N) is 2. The fraction of sp³-hybridized carbons (Fsp3) is 0.455. The molecule has 2 heterocycles. The molecule has 1 fully saturated rings. The van der Waals surface area contributed by atoms with Gasteiger partial charge in [-0.25, -0.2) is 0 Å². The van der Waals surface area contributed by atoms with E-state index in [4.69, 9.17) is 4.74 Å². The molecule has 31 heavy (non-hydrogen) atoms. The summed E-state index contributed by atoms with van der Waals surface area (Å²) in [6.07, 6.45) is 1.47. The molecule has 3 rings (SSSR count). The average Bonchev–Trinajstić information content (AvgIpc) is 3.29. The highest BCUT2D eigenvalue weighted by Gasteiger charge is 2.12. The lowest BCUT2D eigenvalue weighted by atomic mass is 10.2. The second-order valence-corrected chi connectivity index (χ2v) is 8.17. The maximum absolute atomic E-state index is 12.3. The molecule has 0 spiro atoms. The molecular weight excluding hydrogens is 525 g/mol. The van der Waals surface area contributed by atoms with Gasteiger partial charge in [-0.3, -0.25) is 14.7 Å². The zero-order valence-corrected chi connectivity index (χ0v) is 21.1. The third-order valence-electron chi connectivity index (χ3n) is 4.90. The van der Waals surface area contributed by atoms with Crippen LogP contribution < -0.4 is 16.0 Å². The van der Waals surface area contributed by atoms with E-state index in [1.165, 1.54) is 4.88 Å². The van der Waals surface area contributed by atoms with E-state index < -0.39 is 0 Å². The number of hydrogen-bond donors (Lipinski definition) is 3. The summed E-state index contributed by atoms with van der Waals surface area (Å²) in [4.78, 5) is 20.2. The molecule has 1 saturated heterocycles. The largest absolute Gasteiger partial charge is 0.379 e. The van der Waals surface area contributed by atoms with Crippen LogP contribution in [-0.2, 0) is 22.5 Å². The van der Waals surface area contributed by atoms with Crippen LogP contribution in [0.2, 0.25) is 0 Å². The summed E-state index contributed by atoms with van der Waals surface area (Å²) < 4.78 is 5.34. The van der Waals surface area contributed by atoms with Crippen LogP contribution >= 0.6 is 35.3 Å². The Morgan fingerprint density at radius 2 is 2.03 bits per heavy atom. The van der Waals surface area contributed by atoms with Crippen LogP contribution in [0, 0.1) is 0 Å². The van der Waals surface area contributed by atoms with E-state index in [9.17, 15) is 4.79 Å². The lowest BCUT2D eigenvalue weighted by Crippen LogP contribution is -2.38. The van der Waals surface area contributed by atoms with Gasteiger partial charge in [0.2, 0.25) is 5.91 Å². The van der Waals surface area contributed by atoms with Crippen LogP contribution in [0.15, 0.2) is 46.8 Å². The number of anilines is 1. The molecule has 0 radical (unpaired) electrons. The van der Waals surface area contributed by atoms with E-state index in [0.717, 1.165) is 63.0 Å². The number of aliphatic imine (C=N–C) groups is 1. The highest BCUT2D eigenvalue weighted by molar-refractivity contribution is 14.0. The third kappa shape index (κ3) is 9.55. The Kier molecular flexibility index (Phi) is 11.9. The Hall–Kier alpha value is -1.69. The highest BCUT2D eigenvalue weighted by Crippen LogP contribution is 2.11. The van der Waals surface area contributed by atoms with E-state index in [1.54, 1.807) is 18.4 Å². The van der Waals surface area contributed by atoms with E-state index >= 15 is 0 Å². The van der Waals surface area contributed by atoms with Crippen molar-refractivity contribution in [1.82, 2.24) is 15.5 Å². The number of nitrogens with one attached hydrogen (secondary N) is 3. The molecule has 2 aromatic rings. The minimum atomic E-state index is 0. The monoisotopic (exact) mass is 557 g/mol. The van der Waals surface area contributed by atoms with Gasteiger partial charge in [0.05, 0.1) is 13.2 Å². The summed E-state index contributed by atoms with van der Waals surface area (Å²) in [6, 6.07) is 12.1. The molecule has 9 heteroatoms. The predicted molar refractivity (Wildman–Crippen MR) is 139 cm³/mol. The summed E-state index contributed by atoms with van der Waals surface area (Å²) >= 11 is 1.77. The SMILES string of the molecule is CN=C(NCCc1cccs1)NCc1cccc(NC(=O)CCN2CCOCC2)c1.I. The smallest absolute Gasteiger partial charge is 0.225 e. The number of benzene rings is 1. The molecule has 7 nitrogen and oxygen atoms in total. The second kappa shape index (κ2) is 14.4. The van der Waals surface area contributed by atoms with Gasteiger partial charge in [0, 0.05) is 56.8 Å². The molecule has 1 aliphatic heterocycles. The Labute approximate surface area is 205 Å². The number of ether oxygens (including phenoxy) is 1. The Bertz CT molecular complexity index is 810. The average molecular weight is 558 g/mol. The van der Waals surface area contributed by atoms with Crippen molar-refractivity contribution in [2.45, 2.75) is 19.4 Å². The molecule has 1 aromatic carbocycles. The topological polar surface area (TPSA) is 78.0 Å². The maximum atomic E-state index is 12.3. The zero-order valence-electron chi connectivity index (χ0n) is 17.9. The van der Waals surface area contributed by atoms with Gasteiger partial charge in [-0.15, -0.1) is 35.3 Å². The Morgan fingerprint density at radius 1 is 1.19 bits per heavy atom. The first-order chi connectivity index (χ1) is 14.7. The zero-order chi connectivity index (χ0) is 21.0. The molecule has 3 N–H and O–H groups in total. The Balaban J connectivity index is 0.00000341. The first kappa shape index (κ1) is 25.6. The van der Waals surface area contributed by atoms with Crippen molar-refractivity contribution in [3.05, 3.63) is 52.2 Å². The minimum Gasteiger partial charge on any atom is -0.379 e. The van der Waals surface area contributed by atoms with Gasteiger partial charge < -0.3 is 20.7 Å². The maximum Gasteiger partial charge on any atom is 0.225 e. The summed E-state index contributed by atoms with van der Waals surface area (Å²) in [6.45, 7) is 5.54. The number of carbonyl (C=O) groups excluding carboxylic acids is 1. The van der Waals surface area contributed by atoms with Crippen molar-refractivity contribution in [2.75, 3.05) is 51.8 Å². The summed E-state index contributed by atoms with van der Waals surface area (Å²) in [7, 11) is 1.77. The van der Waals surface area contributed by atoms with Crippen LogP contribution in [0.25, 0.3) is 0 Å². The number of amides is 1. The van der Waals surface area contributed by atoms with Gasteiger partial charge in [0.25, 0.3) is 0 Å². The van der Waals surface area contributed by atoms with Gasteiger partial charge in [-0.05, 0) is 35.6 Å². The fourth-order valence-electron chi connectivity index (χ4n) is 3.23. The van der Waals surface area contributed by atoms with E-state index in [0.29, 0.717) is 13.0 Å². The van der Waals surface area contributed by atoms with Crippen LogP contribution in [-0.4, -0.2) is 63.2 Å². The summed E-state index contributed by atoms with van der Waals surface area (Å²) in [5, 5.41) is 11.8. The third-order valence-corrected chi connectivity index (χ3v) is 5.83. The molecule has 0 saturated carbocycles. The van der Waals surface area contributed by atoms with Gasteiger partial charge in [-0.1, -0.05) is 18.2 Å². The highest BCUT2D eigenvalue weighted by atomic mass is 127. The van der Waals surface area contributed by atoms with E-state index in [-0.39, 0.29) is 29.9 Å². The number of guanidine groups is 1. The number of halogens is 1. The fourth-order valence-corrected chi connectivity index (χ4v) is 3.94. The van der Waals surface area contributed by atoms with Crippen LogP contribution in [0.1, 0.15) is 16.9 Å².